The van der Waals surface area contributed by atoms with Crippen molar-refractivity contribution in [3.8, 4) is 0 Å². The van der Waals surface area contributed by atoms with E-state index in [0.29, 0.717) is 24.3 Å². The van der Waals surface area contributed by atoms with E-state index in [1.54, 1.807) is 0 Å². The molecular weight excluding hydrogens is 444 g/mol. The molecule has 0 aromatic heterocycles. The molecule has 1 aromatic carbocycles. The fraction of sp³-hybridized carbons (Fsp3) is 0.781. The van der Waals surface area contributed by atoms with Gasteiger partial charge in [-0.1, -0.05) is 50.7 Å². The van der Waals surface area contributed by atoms with Crippen LogP contribution in [0.15, 0.2) is 24.3 Å². The van der Waals surface area contributed by atoms with Crippen LogP contribution >= 0.6 is 0 Å². The smallest absolute Gasteiger partial charge is 0.303 e. The molecular formula is C32H50N2O2. The SMILES string of the molecule is O=C(O)CC1CC[C@@H](N(CC2CCCCC2)CC2CCCCC2)[C@H](c2ccc(N3CCCC3)cc2)C1. The number of rotatable bonds is 9. The molecule has 4 fully saturated rings. The standard InChI is InChI=1S/C32H50N2O2/c35-32(36)22-27-13-18-31(30(21-27)28-14-16-29(17-15-28)33-19-7-8-20-33)34(23-25-9-3-1-4-10-25)24-26-11-5-2-6-12-26/h14-17,25-27,30-31H,1-13,18-24H2,(H,35,36)/t27?,30-,31+/m0/s1. The van der Waals surface area contributed by atoms with Crippen LogP contribution in [0.5, 0.6) is 0 Å². The molecule has 3 saturated carbocycles. The topological polar surface area (TPSA) is 43.8 Å². The van der Waals surface area contributed by atoms with E-state index in [1.165, 1.54) is 114 Å². The second-order valence-electron chi connectivity index (χ2n) is 12.7. The second kappa shape index (κ2) is 12.8. The zero-order valence-corrected chi connectivity index (χ0v) is 22.6. The Labute approximate surface area is 219 Å². The maximum absolute atomic E-state index is 11.6. The van der Waals surface area contributed by atoms with Gasteiger partial charge in [0.05, 0.1) is 0 Å². The lowest BCUT2D eigenvalue weighted by Crippen LogP contribution is -2.47. The van der Waals surface area contributed by atoms with Crippen LogP contribution in [-0.2, 0) is 4.79 Å². The molecule has 1 aliphatic heterocycles. The Morgan fingerprint density at radius 3 is 1.89 bits per heavy atom. The van der Waals surface area contributed by atoms with Crippen molar-refractivity contribution in [1.29, 1.82) is 0 Å². The van der Waals surface area contributed by atoms with Gasteiger partial charge in [0.1, 0.15) is 0 Å². The number of benzene rings is 1. The maximum atomic E-state index is 11.6. The normalized spacial score (nSPS) is 28.6. The molecule has 0 amide bonds. The summed E-state index contributed by atoms with van der Waals surface area (Å²) in [6.45, 7) is 4.91. The van der Waals surface area contributed by atoms with E-state index in [2.05, 4.69) is 34.1 Å². The lowest BCUT2D eigenvalue weighted by atomic mass is 9.72. The fourth-order valence-corrected chi connectivity index (χ4v) is 8.13. The first-order valence-electron chi connectivity index (χ1n) is 15.5. The third-order valence-corrected chi connectivity index (χ3v) is 10.1. The van der Waals surface area contributed by atoms with Crippen LogP contribution in [0.1, 0.15) is 114 Å². The minimum absolute atomic E-state index is 0.313. The third kappa shape index (κ3) is 6.85. The van der Waals surface area contributed by atoms with Gasteiger partial charge in [0, 0.05) is 44.3 Å². The van der Waals surface area contributed by atoms with Crippen molar-refractivity contribution in [2.45, 2.75) is 115 Å². The second-order valence-corrected chi connectivity index (χ2v) is 12.7. The summed E-state index contributed by atoms with van der Waals surface area (Å²) >= 11 is 0. The quantitative estimate of drug-likeness (QED) is 0.386. The molecule has 0 bridgehead atoms. The van der Waals surface area contributed by atoms with Crippen LogP contribution in [0.3, 0.4) is 0 Å². The molecule has 36 heavy (non-hydrogen) atoms. The van der Waals surface area contributed by atoms with Crippen LogP contribution < -0.4 is 4.90 Å². The van der Waals surface area contributed by atoms with Crippen molar-refractivity contribution in [1.82, 2.24) is 4.90 Å². The van der Waals surface area contributed by atoms with Gasteiger partial charge in [0.15, 0.2) is 0 Å². The van der Waals surface area contributed by atoms with Gasteiger partial charge in [-0.05, 0) is 99.2 Å². The number of aliphatic carboxylic acids is 1. The van der Waals surface area contributed by atoms with Crippen molar-refractivity contribution >= 4 is 11.7 Å². The first-order chi connectivity index (χ1) is 17.7. The third-order valence-electron chi connectivity index (χ3n) is 10.1. The summed E-state index contributed by atoms with van der Waals surface area (Å²) in [5.74, 6) is 1.87. The fourth-order valence-electron chi connectivity index (χ4n) is 8.13. The number of anilines is 1. The Bertz CT molecular complexity index is 786. The van der Waals surface area contributed by atoms with Gasteiger partial charge < -0.3 is 10.0 Å². The van der Waals surface area contributed by atoms with Gasteiger partial charge in [-0.3, -0.25) is 9.69 Å². The highest BCUT2D eigenvalue weighted by atomic mass is 16.4. The molecule has 4 aliphatic rings. The lowest BCUT2D eigenvalue weighted by molar-refractivity contribution is -0.138. The summed E-state index contributed by atoms with van der Waals surface area (Å²) in [5.41, 5.74) is 2.82. The van der Waals surface area contributed by atoms with Crippen LogP contribution in [0.25, 0.3) is 0 Å². The largest absolute Gasteiger partial charge is 0.481 e. The summed E-state index contributed by atoms with van der Waals surface area (Å²) in [5, 5.41) is 9.57. The number of carboxylic acids is 1. The molecule has 3 atom stereocenters. The Kier molecular flexibility index (Phi) is 9.27. The van der Waals surface area contributed by atoms with E-state index < -0.39 is 5.97 Å². The molecule has 4 nitrogen and oxygen atoms in total. The zero-order valence-electron chi connectivity index (χ0n) is 22.6. The first-order valence-corrected chi connectivity index (χ1v) is 15.5. The van der Waals surface area contributed by atoms with Crippen molar-refractivity contribution in [3.05, 3.63) is 29.8 Å². The van der Waals surface area contributed by atoms with Gasteiger partial charge in [0.25, 0.3) is 0 Å². The summed E-state index contributed by atoms with van der Waals surface area (Å²) in [6.07, 6.45) is 20.3. The highest BCUT2D eigenvalue weighted by Gasteiger charge is 2.37. The Morgan fingerprint density at radius 1 is 0.750 bits per heavy atom. The van der Waals surface area contributed by atoms with Crippen molar-refractivity contribution in [2.24, 2.45) is 17.8 Å². The molecule has 3 aliphatic carbocycles. The van der Waals surface area contributed by atoms with Crippen molar-refractivity contribution in [3.63, 3.8) is 0 Å². The minimum Gasteiger partial charge on any atom is -0.481 e. The van der Waals surface area contributed by atoms with E-state index in [4.69, 9.17) is 0 Å². The molecule has 4 heteroatoms. The first kappa shape index (κ1) is 26.1. The van der Waals surface area contributed by atoms with Crippen molar-refractivity contribution < 1.29 is 9.90 Å². The van der Waals surface area contributed by atoms with E-state index in [0.717, 1.165) is 31.1 Å². The molecule has 5 rings (SSSR count). The van der Waals surface area contributed by atoms with Gasteiger partial charge >= 0.3 is 5.97 Å². The molecule has 1 saturated heterocycles. The number of carboxylic acid groups (broad SMARTS) is 1. The van der Waals surface area contributed by atoms with Crippen LogP contribution in [0, 0.1) is 17.8 Å². The van der Waals surface area contributed by atoms with Gasteiger partial charge in [0.2, 0.25) is 0 Å². The molecule has 200 valence electrons. The van der Waals surface area contributed by atoms with E-state index in [9.17, 15) is 9.90 Å². The predicted octanol–water partition coefficient (Wildman–Crippen LogP) is 7.48. The van der Waals surface area contributed by atoms with Crippen molar-refractivity contribution in [2.75, 3.05) is 31.1 Å². The summed E-state index contributed by atoms with van der Waals surface area (Å²) in [6, 6.07) is 10.1. The van der Waals surface area contributed by atoms with Crippen LogP contribution in [-0.4, -0.2) is 48.2 Å². The predicted molar refractivity (Wildman–Crippen MR) is 149 cm³/mol. The highest BCUT2D eigenvalue weighted by Crippen LogP contribution is 2.42. The van der Waals surface area contributed by atoms with Gasteiger partial charge in [-0.2, -0.15) is 0 Å². The summed E-state index contributed by atoms with van der Waals surface area (Å²) in [4.78, 5) is 17.1. The molecule has 1 aromatic rings. The number of hydrogen-bond donors (Lipinski definition) is 1. The molecule has 0 radical (unpaired) electrons. The number of nitrogens with zero attached hydrogens (tertiary/aromatic N) is 2. The molecule has 0 spiro atoms. The molecule has 1 N–H and O–H groups in total. The van der Waals surface area contributed by atoms with E-state index >= 15 is 0 Å². The average Bonchev–Trinajstić information content (AvgIpc) is 3.45. The van der Waals surface area contributed by atoms with Crippen LogP contribution in [0.2, 0.25) is 0 Å². The molecule has 1 unspecified atom stereocenters. The highest BCUT2D eigenvalue weighted by molar-refractivity contribution is 5.67. The number of carbonyl (C=O) groups is 1. The average molecular weight is 495 g/mol. The van der Waals surface area contributed by atoms with E-state index in [-0.39, 0.29) is 0 Å². The maximum Gasteiger partial charge on any atom is 0.303 e. The Morgan fingerprint density at radius 2 is 1.33 bits per heavy atom. The summed E-state index contributed by atoms with van der Waals surface area (Å²) in [7, 11) is 0. The molecule has 1 heterocycles. The zero-order chi connectivity index (χ0) is 24.7. The number of hydrogen-bond acceptors (Lipinski definition) is 3. The Hall–Kier alpha value is -1.55. The Balaban J connectivity index is 1.37. The minimum atomic E-state index is -0.622. The van der Waals surface area contributed by atoms with Gasteiger partial charge in [-0.25, -0.2) is 0 Å². The lowest BCUT2D eigenvalue weighted by Gasteiger charge is -2.46. The monoisotopic (exact) mass is 494 g/mol. The van der Waals surface area contributed by atoms with Gasteiger partial charge in [-0.15, -0.1) is 0 Å². The van der Waals surface area contributed by atoms with E-state index in [1.807, 2.05) is 0 Å². The summed E-state index contributed by atoms with van der Waals surface area (Å²) < 4.78 is 0. The van der Waals surface area contributed by atoms with Crippen LogP contribution in [0.4, 0.5) is 5.69 Å².